The molecule has 0 aliphatic rings. The van der Waals surface area contributed by atoms with Gasteiger partial charge in [0.15, 0.2) is 5.78 Å². The number of Topliss-reactive ketones (excluding diaryl/α,β-unsaturated/α-hetero) is 1. The Hall–Kier alpha value is -2.37. The monoisotopic (exact) mass is 321 g/mol. The third-order valence-electron chi connectivity index (χ3n) is 3.17. The van der Waals surface area contributed by atoms with Crippen molar-refractivity contribution in [2.24, 2.45) is 0 Å². The van der Waals surface area contributed by atoms with Gasteiger partial charge in [0.05, 0.1) is 20.1 Å². The van der Waals surface area contributed by atoms with Gasteiger partial charge < -0.3 is 14.8 Å². The number of carbonyl (C=O) groups excluding carboxylic acids is 3. The highest BCUT2D eigenvalue weighted by molar-refractivity contribution is 5.94. The Bertz CT molecular complexity index is 556. The van der Waals surface area contributed by atoms with Crippen LogP contribution in [0.15, 0.2) is 24.3 Å². The molecule has 1 aromatic rings. The second-order valence-electron chi connectivity index (χ2n) is 5.28. The average molecular weight is 321 g/mol. The number of ketones is 1. The van der Waals surface area contributed by atoms with Crippen LogP contribution in [0.1, 0.15) is 43.5 Å². The number of benzene rings is 1. The lowest BCUT2D eigenvalue weighted by Crippen LogP contribution is -2.34. The number of hydrogen-bond donors (Lipinski definition) is 1. The summed E-state index contributed by atoms with van der Waals surface area (Å²) in [6, 6.07) is 6.67. The molecule has 126 valence electrons. The zero-order valence-electron chi connectivity index (χ0n) is 13.8. The van der Waals surface area contributed by atoms with Crippen LogP contribution in [-0.2, 0) is 14.3 Å². The van der Waals surface area contributed by atoms with Crippen molar-refractivity contribution >= 4 is 17.7 Å². The minimum absolute atomic E-state index is 0.0191. The number of rotatable bonds is 9. The van der Waals surface area contributed by atoms with Crippen LogP contribution < -0.4 is 10.1 Å². The van der Waals surface area contributed by atoms with Gasteiger partial charge in [0.25, 0.3) is 0 Å². The minimum Gasteiger partial charge on any atom is -0.494 e. The second-order valence-corrected chi connectivity index (χ2v) is 5.28. The number of esters is 1. The van der Waals surface area contributed by atoms with E-state index in [1.54, 1.807) is 31.2 Å². The van der Waals surface area contributed by atoms with Gasteiger partial charge in [-0.15, -0.1) is 0 Å². The van der Waals surface area contributed by atoms with Crippen molar-refractivity contribution in [3.05, 3.63) is 29.8 Å². The van der Waals surface area contributed by atoms with Crippen molar-refractivity contribution < 1.29 is 23.9 Å². The minimum atomic E-state index is -0.355. The van der Waals surface area contributed by atoms with E-state index in [-0.39, 0.29) is 30.1 Å². The first-order valence-electron chi connectivity index (χ1n) is 7.52. The van der Waals surface area contributed by atoms with Crippen LogP contribution in [0.3, 0.4) is 0 Å². The Labute approximate surface area is 136 Å². The number of carbonyl (C=O) groups is 3. The summed E-state index contributed by atoms with van der Waals surface area (Å²) >= 11 is 0. The van der Waals surface area contributed by atoms with E-state index >= 15 is 0 Å². The van der Waals surface area contributed by atoms with Crippen molar-refractivity contribution in [3.8, 4) is 5.75 Å². The molecule has 0 saturated carbocycles. The molecule has 0 radical (unpaired) electrons. The van der Waals surface area contributed by atoms with E-state index in [0.29, 0.717) is 30.8 Å². The fourth-order valence-electron chi connectivity index (χ4n) is 1.96. The number of methoxy groups -OCH3 is 1. The zero-order valence-corrected chi connectivity index (χ0v) is 13.8. The van der Waals surface area contributed by atoms with Crippen LogP contribution in [0.5, 0.6) is 5.75 Å². The fraction of sp³-hybridized carbons (Fsp3) is 0.471. The molecule has 0 spiro atoms. The Morgan fingerprint density at radius 2 is 2.00 bits per heavy atom. The highest BCUT2D eigenvalue weighted by Crippen LogP contribution is 2.14. The largest absolute Gasteiger partial charge is 0.494 e. The first kappa shape index (κ1) is 18.7. The molecule has 0 aliphatic carbocycles. The molecule has 6 nitrogen and oxygen atoms in total. The lowest BCUT2D eigenvalue weighted by molar-refractivity contribution is -0.141. The number of hydrogen-bond acceptors (Lipinski definition) is 5. The summed E-state index contributed by atoms with van der Waals surface area (Å²) in [5, 5.41) is 2.73. The maximum absolute atomic E-state index is 11.7. The molecule has 0 saturated heterocycles. The van der Waals surface area contributed by atoms with Crippen LogP contribution in [0, 0.1) is 0 Å². The number of nitrogens with one attached hydrogen (secondary N) is 1. The molecular weight excluding hydrogens is 298 g/mol. The van der Waals surface area contributed by atoms with Gasteiger partial charge in [-0.05, 0) is 32.4 Å². The van der Waals surface area contributed by atoms with Gasteiger partial charge in [-0.2, -0.15) is 0 Å². The molecule has 1 amide bonds. The Morgan fingerprint density at radius 1 is 1.26 bits per heavy atom. The predicted octanol–water partition coefficient (Wildman–Crippen LogP) is 2.12. The molecule has 1 N–H and O–H groups in total. The predicted molar refractivity (Wildman–Crippen MR) is 85.4 cm³/mol. The normalized spacial score (nSPS) is 11.4. The third kappa shape index (κ3) is 7.44. The van der Waals surface area contributed by atoms with E-state index in [1.165, 1.54) is 14.0 Å². The van der Waals surface area contributed by atoms with Crippen molar-refractivity contribution in [3.63, 3.8) is 0 Å². The zero-order chi connectivity index (χ0) is 17.2. The van der Waals surface area contributed by atoms with E-state index in [1.807, 2.05) is 0 Å². The van der Waals surface area contributed by atoms with Gasteiger partial charge in [0, 0.05) is 18.0 Å². The van der Waals surface area contributed by atoms with Crippen LogP contribution >= 0.6 is 0 Å². The first-order chi connectivity index (χ1) is 10.9. The maximum atomic E-state index is 11.7. The van der Waals surface area contributed by atoms with Crippen molar-refractivity contribution in [1.82, 2.24) is 5.32 Å². The van der Waals surface area contributed by atoms with E-state index in [4.69, 9.17) is 4.74 Å². The molecule has 6 heteroatoms. The molecular formula is C17H23NO5. The standard InChI is InChI=1S/C17H23NO5/c1-12(10-17(21)22-3)18-16(20)8-5-9-23-15-7-4-6-14(11-15)13(2)19/h4,6-7,11-12H,5,8-10H2,1-3H3,(H,18,20)/t12-/m1/s1. The summed E-state index contributed by atoms with van der Waals surface area (Å²) in [6.45, 7) is 3.62. The summed E-state index contributed by atoms with van der Waals surface area (Å²) in [4.78, 5) is 34.1. The van der Waals surface area contributed by atoms with Crippen molar-refractivity contribution in [2.45, 2.75) is 39.2 Å². The third-order valence-corrected chi connectivity index (χ3v) is 3.17. The lowest BCUT2D eigenvalue weighted by Gasteiger charge is -2.12. The van der Waals surface area contributed by atoms with Gasteiger partial charge in [-0.25, -0.2) is 0 Å². The van der Waals surface area contributed by atoms with Gasteiger partial charge in [-0.1, -0.05) is 12.1 Å². The van der Waals surface area contributed by atoms with E-state index in [0.717, 1.165) is 0 Å². The molecule has 0 aliphatic heterocycles. The quantitative estimate of drug-likeness (QED) is 0.428. The molecule has 23 heavy (non-hydrogen) atoms. The molecule has 0 bridgehead atoms. The number of ether oxygens (including phenoxy) is 2. The summed E-state index contributed by atoms with van der Waals surface area (Å²) in [5.74, 6) is 0.0977. The molecule has 0 unspecified atom stereocenters. The first-order valence-corrected chi connectivity index (χ1v) is 7.52. The summed E-state index contributed by atoms with van der Waals surface area (Å²) in [6.07, 6.45) is 0.996. The summed E-state index contributed by atoms with van der Waals surface area (Å²) in [5.41, 5.74) is 0.594. The lowest BCUT2D eigenvalue weighted by atomic mass is 10.1. The highest BCUT2D eigenvalue weighted by Gasteiger charge is 2.11. The molecule has 1 aromatic carbocycles. The van der Waals surface area contributed by atoms with Gasteiger partial charge in [-0.3, -0.25) is 14.4 Å². The average Bonchev–Trinajstić information content (AvgIpc) is 2.51. The Balaban J connectivity index is 2.26. The summed E-state index contributed by atoms with van der Waals surface area (Å²) < 4.78 is 10.1. The SMILES string of the molecule is COC(=O)C[C@@H](C)NC(=O)CCCOc1cccc(C(C)=O)c1. The van der Waals surface area contributed by atoms with Gasteiger partial charge in [0.1, 0.15) is 5.75 Å². The topological polar surface area (TPSA) is 81.7 Å². The number of amides is 1. The van der Waals surface area contributed by atoms with E-state index in [2.05, 4.69) is 10.1 Å². The van der Waals surface area contributed by atoms with Crippen LogP contribution in [0.4, 0.5) is 0 Å². The van der Waals surface area contributed by atoms with Crippen LogP contribution in [0.2, 0.25) is 0 Å². The molecule has 1 rings (SSSR count). The smallest absolute Gasteiger partial charge is 0.307 e. The van der Waals surface area contributed by atoms with Crippen LogP contribution in [0.25, 0.3) is 0 Å². The second kappa shape index (κ2) is 9.61. The molecule has 0 heterocycles. The van der Waals surface area contributed by atoms with E-state index in [9.17, 15) is 14.4 Å². The van der Waals surface area contributed by atoms with Gasteiger partial charge in [0.2, 0.25) is 5.91 Å². The van der Waals surface area contributed by atoms with Gasteiger partial charge >= 0.3 is 5.97 Å². The van der Waals surface area contributed by atoms with Crippen molar-refractivity contribution in [2.75, 3.05) is 13.7 Å². The maximum Gasteiger partial charge on any atom is 0.307 e. The Morgan fingerprint density at radius 3 is 2.65 bits per heavy atom. The van der Waals surface area contributed by atoms with E-state index < -0.39 is 0 Å². The highest BCUT2D eigenvalue weighted by atomic mass is 16.5. The summed E-state index contributed by atoms with van der Waals surface area (Å²) in [7, 11) is 1.31. The molecule has 1 atom stereocenters. The van der Waals surface area contributed by atoms with Crippen LogP contribution in [-0.4, -0.2) is 37.4 Å². The Kier molecular flexibility index (Phi) is 7.80. The van der Waals surface area contributed by atoms with Crippen molar-refractivity contribution in [1.29, 1.82) is 0 Å². The fourth-order valence-corrected chi connectivity index (χ4v) is 1.96. The molecule has 0 fully saturated rings. The molecule has 0 aromatic heterocycles.